The van der Waals surface area contributed by atoms with Gasteiger partial charge in [-0.3, -0.25) is 4.79 Å². The molecule has 6 nitrogen and oxygen atoms in total. The average molecular weight is 376 g/mol. The fraction of sp³-hybridized carbons (Fsp3) is 0.316. The third-order valence-corrected chi connectivity index (χ3v) is 5.92. The van der Waals surface area contributed by atoms with E-state index in [1.165, 1.54) is 38.4 Å². The molecule has 0 radical (unpaired) electrons. The Morgan fingerprint density at radius 3 is 2.35 bits per heavy atom. The normalized spacial score (nSPS) is 11.4. The molecule has 0 aliphatic rings. The summed E-state index contributed by atoms with van der Waals surface area (Å²) in [5.74, 6) is 0.529. The van der Waals surface area contributed by atoms with Crippen LogP contribution < -0.4 is 10.1 Å². The number of aryl methyl sites for hydroxylation is 1. The molecule has 1 N–H and O–H groups in total. The number of hydrogen-bond acceptors (Lipinski definition) is 4. The number of benzene rings is 2. The second-order valence-corrected chi connectivity index (χ2v) is 8.27. The molecular formula is C19H24N2O4S. The highest BCUT2D eigenvalue weighted by Crippen LogP contribution is 2.20. The van der Waals surface area contributed by atoms with Crippen LogP contribution in [-0.4, -0.2) is 45.9 Å². The van der Waals surface area contributed by atoms with E-state index in [4.69, 9.17) is 4.74 Å². The Bertz CT molecular complexity index is 875. The Morgan fingerprint density at radius 2 is 1.73 bits per heavy atom. The first-order valence-electron chi connectivity index (χ1n) is 8.23. The standard InChI is InChI=1S/C19H24N2O4S/c1-14-6-5-7-18(15(14)2)25-13-12-20-19(22)16-8-10-17(11-9-16)26(23,24)21(3)4/h5-11H,12-13H2,1-4H3,(H,20,22). The molecule has 0 fully saturated rings. The monoisotopic (exact) mass is 376 g/mol. The Kier molecular flexibility index (Phi) is 6.39. The maximum atomic E-state index is 12.1. The summed E-state index contributed by atoms with van der Waals surface area (Å²) in [5.41, 5.74) is 2.63. The molecule has 140 valence electrons. The molecule has 0 spiro atoms. The first kappa shape index (κ1) is 19.9. The summed E-state index contributed by atoms with van der Waals surface area (Å²) < 4.78 is 30.9. The van der Waals surface area contributed by atoms with Gasteiger partial charge in [-0.1, -0.05) is 12.1 Å². The molecule has 0 unspecified atom stereocenters. The van der Waals surface area contributed by atoms with Crippen LogP contribution >= 0.6 is 0 Å². The Labute approximate surface area is 154 Å². The van der Waals surface area contributed by atoms with Gasteiger partial charge < -0.3 is 10.1 Å². The van der Waals surface area contributed by atoms with E-state index in [2.05, 4.69) is 5.32 Å². The highest BCUT2D eigenvalue weighted by molar-refractivity contribution is 7.89. The number of amides is 1. The lowest BCUT2D eigenvalue weighted by atomic mass is 10.1. The van der Waals surface area contributed by atoms with Crippen molar-refractivity contribution in [3.63, 3.8) is 0 Å². The molecule has 1 amide bonds. The molecule has 0 saturated heterocycles. The van der Waals surface area contributed by atoms with Crippen molar-refractivity contribution in [1.29, 1.82) is 0 Å². The lowest BCUT2D eigenvalue weighted by molar-refractivity contribution is 0.0947. The van der Waals surface area contributed by atoms with E-state index in [1.807, 2.05) is 32.0 Å². The van der Waals surface area contributed by atoms with E-state index in [1.54, 1.807) is 0 Å². The molecule has 0 atom stereocenters. The summed E-state index contributed by atoms with van der Waals surface area (Å²) in [5, 5.41) is 2.76. The molecule has 2 rings (SSSR count). The molecule has 2 aromatic carbocycles. The number of sulfonamides is 1. The van der Waals surface area contributed by atoms with Gasteiger partial charge in [-0.15, -0.1) is 0 Å². The van der Waals surface area contributed by atoms with Gasteiger partial charge in [0.25, 0.3) is 5.91 Å². The molecule has 2 aromatic rings. The molecule has 0 heterocycles. The zero-order valence-corrected chi connectivity index (χ0v) is 16.3. The molecule has 0 aromatic heterocycles. The quantitative estimate of drug-likeness (QED) is 0.753. The topological polar surface area (TPSA) is 75.7 Å². The largest absolute Gasteiger partial charge is 0.491 e. The zero-order chi connectivity index (χ0) is 19.3. The van der Waals surface area contributed by atoms with Crippen LogP contribution in [-0.2, 0) is 10.0 Å². The van der Waals surface area contributed by atoms with E-state index in [-0.39, 0.29) is 10.8 Å². The number of rotatable bonds is 7. The van der Waals surface area contributed by atoms with Gasteiger partial charge in [0.2, 0.25) is 10.0 Å². The van der Waals surface area contributed by atoms with Crippen molar-refractivity contribution in [3.8, 4) is 5.75 Å². The summed E-state index contributed by atoms with van der Waals surface area (Å²) in [6.45, 7) is 4.71. The van der Waals surface area contributed by atoms with Gasteiger partial charge in [-0.2, -0.15) is 0 Å². The van der Waals surface area contributed by atoms with Crippen LogP contribution in [0, 0.1) is 13.8 Å². The van der Waals surface area contributed by atoms with Gasteiger partial charge in [-0.25, -0.2) is 12.7 Å². The minimum atomic E-state index is -3.50. The molecule has 7 heteroatoms. The third-order valence-electron chi connectivity index (χ3n) is 4.10. The van der Waals surface area contributed by atoms with E-state index in [9.17, 15) is 13.2 Å². The van der Waals surface area contributed by atoms with Gasteiger partial charge in [0.15, 0.2) is 0 Å². The van der Waals surface area contributed by atoms with Gasteiger partial charge in [0.05, 0.1) is 11.4 Å². The third kappa shape index (κ3) is 4.62. The fourth-order valence-electron chi connectivity index (χ4n) is 2.30. The Morgan fingerprint density at radius 1 is 1.08 bits per heavy atom. The number of carbonyl (C=O) groups is 1. The van der Waals surface area contributed by atoms with Crippen molar-refractivity contribution < 1.29 is 17.9 Å². The fourth-order valence-corrected chi connectivity index (χ4v) is 3.20. The first-order chi connectivity index (χ1) is 12.2. The van der Waals surface area contributed by atoms with Crippen LogP contribution in [0.25, 0.3) is 0 Å². The first-order valence-corrected chi connectivity index (χ1v) is 9.67. The van der Waals surface area contributed by atoms with Crippen LogP contribution in [0.1, 0.15) is 21.5 Å². The Balaban J connectivity index is 1.89. The number of ether oxygens (including phenoxy) is 1. The molecule has 0 aliphatic heterocycles. The van der Waals surface area contributed by atoms with Crippen molar-refractivity contribution in [3.05, 3.63) is 59.2 Å². The maximum Gasteiger partial charge on any atom is 0.251 e. The van der Waals surface area contributed by atoms with Crippen molar-refractivity contribution >= 4 is 15.9 Å². The average Bonchev–Trinajstić information content (AvgIpc) is 2.61. The van der Waals surface area contributed by atoms with Gasteiger partial charge in [0, 0.05) is 19.7 Å². The smallest absolute Gasteiger partial charge is 0.251 e. The van der Waals surface area contributed by atoms with Gasteiger partial charge in [0.1, 0.15) is 12.4 Å². The summed E-state index contributed by atoms with van der Waals surface area (Å²) >= 11 is 0. The second kappa shape index (κ2) is 8.33. The lowest BCUT2D eigenvalue weighted by Crippen LogP contribution is -2.28. The van der Waals surface area contributed by atoms with E-state index < -0.39 is 10.0 Å². The van der Waals surface area contributed by atoms with Crippen LogP contribution in [0.2, 0.25) is 0 Å². The van der Waals surface area contributed by atoms with E-state index >= 15 is 0 Å². The predicted octanol–water partition coefficient (Wildman–Crippen LogP) is 2.36. The Hall–Kier alpha value is -2.38. The number of hydrogen-bond donors (Lipinski definition) is 1. The van der Waals surface area contributed by atoms with Crippen molar-refractivity contribution in [2.75, 3.05) is 27.2 Å². The predicted molar refractivity (Wildman–Crippen MR) is 101 cm³/mol. The maximum absolute atomic E-state index is 12.1. The molecule has 0 aliphatic carbocycles. The van der Waals surface area contributed by atoms with Crippen molar-refractivity contribution in [1.82, 2.24) is 9.62 Å². The van der Waals surface area contributed by atoms with Gasteiger partial charge in [-0.05, 0) is 55.3 Å². The molecule has 0 saturated carbocycles. The van der Waals surface area contributed by atoms with Crippen LogP contribution in [0.3, 0.4) is 0 Å². The van der Waals surface area contributed by atoms with Gasteiger partial charge >= 0.3 is 0 Å². The number of nitrogens with zero attached hydrogens (tertiary/aromatic N) is 1. The minimum absolute atomic E-state index is 0.150. The lowest BCUT2D eigenvalue weighted by Gasteiger charge is -2.12. The summed E-state index contributed by atoms with van der Waals surface area (Å²) in [6.07, 6.45) is 0. The van der Waals surface area contributed by atoms with Crippen LogP contribution in [0.4, 0.5) is 0 Å². The van der Waals surface area contributed by atoms with Crippen LogP contribution in [0.15, 0.2) is 47.4 Å². The minimum Gasteiger partial charge on any atom is -0.491 e. The summed E-state index contributed by atoms with van der Waals surface area (Å²) in [7, 11) is -0.569. The molecule has 0 bridgehead atoms. The molecular weight excluding hydrogens is 352 g/mol. The highest BCUT2D eigenvalue weighted by Gasteiger charge is 2.17. The second-order valence-electron chi connectivity index (χ2n) is 6.11. The molecule has 26 heavy (non-hydrogen) atoms. The number of carbonyl (C=O) groups excluding carboxylic acids is 1. The number of nitrogens with one attached hydrogen (secondary N) is 1. The highest BCUT2D eigenvalue weighted by atomic mass is 32.2. The van der Waals surface area contributed by atoms with Crippen LogP contribution in [0.5, 0.6) is 5.75 Å². The summed E-state index contributed by atoms with van der Waals surface area (Å²) in [4.78, 5) is 12.3. The van der Waals surface area contributed by atoms with Crippen molar-refractivity contribution in [2.45, 2.75) is 18.7 Å². The zero-order valence-electron chi connectivity index (χ0n) is 15.4. The van der Waals surface area contributed by atoms with E-state index in [0.717, 1.165) is 21.2 Å². The van der Waals surface area contributed by atoms with Crippen molar-refractivity contribution in [2.24, 2.45) is 0 Å². The summed E-state index contributed by atoms with van der Waals surface area (Å²) in [6, 6.07) is 11.7. The SMILES string of the molecule is Cc1cccc(OCCNC(=O)c2ccc(S(=O)(=O)N(C)C)cc2)c1C. The van der Waals surface area contributed by atoms with E-state index in [0.29, 0.717) is 18.7 Å².